The van der Waals surface area contributed by atoms with Gasteiger partial charge in [-0.3, -0.25) is 4.79 Å². The van der Waals surface area contributed by atoms with Gasteiger partial charge in [0.2, 0.25) is 5.91 Å². The van der Waals surface area contributed by atoms with Gasteiger partial charge >= 0.3 is 5.97 Å². The smallest absolute Gasteiger partial charge is 0.335 e. The molecule has 4 heteroatoms. The van der Waals surface area contributed by atoms with E-state index >= 15 is 0 Å². The molecular weight excluding hydrogens is 302 g/mol. The van der Waals surface area contributed by atoms with Crippen LogP contribution in [0.3, 0.4) is 0 Å². The van der Waals surface area contributed by atoms with Crippen LogP contribution >= 0.6 is 0 Å². The first kappa shape index (κ1) is 17.0. The summed E-state index contributed by atoms with van der Waals surface area (Å²) in [5, 5.41) is 9.15. The lowest BCUT2D eigenvalue weighted by Gasteiger charge is -2.35. The van der Waals surface area contributed by atoms with Crippen molar-refractivity contribution in [3.63, 3.8) is 0 Å². The van der Waals surface area contributed by atoms with Gasteiger partial charge in [0.15, 0.2) is 0 Å². The fourth-order valence-electron chi connectivity index (χ4n) is 4.17. The first-order valence-electron chi connectivity index (χ1n) is 9.09. The van der Waals surface area contributed by atoms with E-state index in [-0.39, 0.29) is 11.8 Å². The highest BCUT2D eigenvalue weighted by molar-refractivity contribution is 5.88. The maximum Gasteiger partial charge on any atom is 0.335 e. The van der Waals surface area contributed by atoms with E-state index in [1.165, 1.54) is 5.56 Å². The monoisotopic (exact) mass is 329 g/mol. The zero-order chi connectivity index (χ0) is 17.3. The first-order chi connectivity index (χ1) is 11.5. The van der Waals surface area contributed by atoms with Gasteiger partial charge in [0.1, 0.15) is 0 Å². The number of hydrogen-bond donors (Lipinski definition) is 1. The summed E-state index contributed by atoms with van der Waals surface area (Å²) < 4.78 is 0. The van der Waals surface area contributed by atoms with E-state index < -0.39 is 5.97 Å². The summed E-state index contributed by atoms with van der Waals surface area (Å²) in [5.41, 5.74) is 2.47. The van der Waals surface area contributed by atoms with Gasteiger partial charge in [-0.1, -0.05) is 19.9 Å². The van der Waals surface area contributed by atoms with Crippen LogP contribution in [0.15, 0.2) is 18.2 Å². The van der Waals surface area contributed by atoms with E-state index in [0.29, 0.717) is 18.0 Å². The quantitative estimate of drug-likeness (QED) is 0.919. The number of rotatable bonds is 3. The highest BCUT2D eigenvalue weighted by atomic mass is 16.4. The van der Waals surface area contributed by atoms with Crippen molar-refractivity contribution in [2.45, 2.75) is 52.5 Å². The molecule has 0 bridgehead atoms. The molecule has 130 valence electrons. The number of amides is 1. The van der Waals surface area contributed by atoms with E-state index in [2.05, 4.69) is 13.8 Å². The summed E-state index contributed by atoms with van der Waals surface area (Å²) in [6, 6.07) is 5.28. The Balaban J connectivity index is 1.65. The summed E-state index contributed by atoms with van der Waals surface area (Å²) in [6.45, 7) is 5.85. The minimum Gasteiger partial charge on any atom is -0.478 e. The predicted octanol–water partition coefficient (Wildman–Crippen LogP) is 3.73. The van der Waals surface area contributed by atoms with Gasteiger partial charge in [0, 0.05) is 19.0 Å². The molecular formula is C20H27NO3. The van der Waals surface area contributed by atoms with Gasteiger partial charge in [0.05, 0.1) is 5.56 Å². The van der Waals surface area contributed by atoms with Crippen LogP contribution in [0.25, 0.3) is 0 Å². The normalized spacial score (nSPS) is 23.9. The van der Waals surface area contributed by atoms with Crippen LogP contribution in [-0.4, -0.2) is 28.4 Å². The summed E-state index contributed by atoms with van der Waals surface area (Å²) in [4.78, 5) is 26.0. The number of fused-ring (bicyclic) bond motifs is 1. The van der Waals surface area contributed by atoms with Gasteiger partial charge in [-0.25, -0.2) is 4.79 Å². The number of carboxylic acid groups (broad SMARTS) is 1. The van der Waals surface area contributed by atoms with Crippen molar-refractivity contribution in [3.8, 4) is 0 Å². The van der Waals surface area contributed by atoms with Crippen molar-refractivity contribution in [1.82, 2.24) is 4.90 Å². The topological polar surface area (TPSA) is 57.6 Å². The van der Waals surface area contributed by atoms with Crippen LogP contribution in [0.5, 0.6) is 0 Å². The number of benzene rings is 1. The van der Waals surface area contributed by atoms with Crippen molar-refractivity contribution in [1.29, 1.82) is 0 Å². The number of aromatic carboxylic acids is 1. The maximum atomic E-state index is 12.9. The number of carbonyl (C=O) groups is 2. The highest BCUT2D eigenvalue weighted by Gasteiger charge is 2.31. The summed E-state index contributed by atoms with van der Waals surface area (Å²) in [7, 11) is 0. The zero-order valence-corrected chi connectivity index (χ0v) is 14.6. The maximum absolute atomic E-state index is 12.9. The van der Waals surface area contributed by atoms with Crippen molar-refractivity contribution < 1.29 is 14.7 Å². The van der Waals surface area contributed by atoms with Crippen LogP contribution in [-0.2, 0) is 17.8 Å². The van der Waals surface area contributed by atoms with Crippen LogP contribution in [0.1, 0.15) is 61.0 Å². The molecule has 1 N–H and O–H groups in total. The standard InChI is InChI=1S/C20H27NO3/c1-13(2)14-3-6-16(7-4-14)19(22)21-10-9-15-5-8-17(20(23)24)11-18(15)12-21/h5,8,11,13-14,16H,3-4,6-7,9-10,12H2,1-2H3,(H,23,24). The molecule has 4 nitrogen and oxygen atoms in total. The second kappa shape index (κ2) is 6.96. The molecule has 0 atom stereocenters. The van der Waals surface area contributed by atoms with Gasteiger partial charge in [-0.15, -0.1) is 0 Å². The first-order valence-corrected chi connectivity index (χ1v) is 9.09. The molecule has 0 aromatic heterocycles. The zero-order valence-electron chi connectivity index (χ0n) is 14.6. The lowest BCUT2D eigenvalue weighted by atomic mass is 9.76. The minimum atomic E-state index is -0.909. The molecule has 1 amide bonds. The molecule has 3 rings (SSSR count). The molecule has 1 heterocycles. The van der Waals surface area contributed by atoms with Crippen molar-refractivity contribution in [2.24, 2.45) is 17.8 Å². The molecule has 1 aromatic carbocycles. The number of hydrogen-bond acceptors (Lipinski definition) is 2. The third-order valence-electron chi connectivity index (χ3n) is 5.84. The second-order valence-electron chi connectivity index (χ2n) is 7.65. The molecule has 1 saturated carbocycles. The van der Waals surface area contributed by atoms with E-state index in [9.17, 15) is 9.59 Å². The second-order valence-corrected chi connectivity index (χ2v) is 7.65. The molecule has 1 aromatic rings. The van der Waals surface area contributed by atoms with Crippen LogP contribution in [0.2, 0.25) is 0 Å². The highest BCUT2D eigenvalue weighted by Crippen LogP contribution is 2.35. The van der Waals surface area contributed by atoms with E-state index in [4.69, 9.17) is 5.11 Å². The van der Waals surface area contributed by atoms with Crippen LogP contribution in [0.4, 0.5) is 0 Å². The molecule has 1 aliphatic carbocycles. The summed E-state index contributed by atoms with van der Waals surface area (Å²) in [5.74, 6) is 0.979. The Morgan fingerprint density at radius 2 is 1.83 bits per heavy atom. The van der Waals surface area contributed by atoms with Crippen molar-refractivity contribution in [3.05, 3.63) is 34.9 Å². The van der Waals surface area contributed by atoms with Gasteiger partial charge < -0.3 is 10.0 Å². The van der Waals surface area contributed by atoms with Gasteiger partial charge in [0.25, 0.3) is 0 Å². The lowest BCUT2D eigenvalue weighted by Crippen LogP contribution is -2.41. The predicted molar refractivity (Wildman–Crippen MR) is 92.8 cm³/mol. The number of nitrogens with zero attached hydrogens (tertiary/aromatic N) is 1. The van der Waals surface area contributed by atoms with Gasteiger partial charge in [-0.2, -0.15) is 0 Å². The Morgan fingerprint density at radius 1 is 1.12 bits per heavy atom. The number of carboxylic acids is 1. The Labute approximate surface area is 143 Å². The Morgan fingerprint density at radius 3 is 2.46 bits per heavy atom. The van der Waals surface area contributed by atoms with Crippen LogP contribution < -0.4 is 0 Å². The third-order valence-corrected chi connectivity index (χ3v) is 5.84. The molecule has 0 unspecified atom stereocenters. The molecule has 0 spiro atoms. The fraction of sp³-hybridized carbons (Fsp3) is 0.600. The number of carbonyl (C=O) groups excluding carboxylic acids is 1. The molecule has 2 aliphatic rings. The van der Waals surface area contributed by atoms with Gasteiger partial charge in [-0.05, 0) is 67.2 Å². The van der Waals surface area contributed by atoms with E-state index in [1.807, 2.05) is 11.0 Å². The summed E-state index contributed by atoms with van der Waals surface area (Å²) in [6.07, 6.45) is 5.13. The fourth-order valence-corrected chi connectivity index (χ4v) is 4.17. The van der Waals surface area contributed by atoms with E-state index in [1.54, 1.807) is 12.1 Å². The van der Waals surface area contributed by atoms with Crippen molar-refractivity contribution >= 4 is 11.9 Å². The average Bonchev–Trinajstić information content (AvgIpc) is 2.60. The molecule has 1 fully saturated rings. The molecule has 24 heavy (non-hydrogen) atoms. The molecule has 0 radical (unpaired) electrons. The summed E-state index contributed by atoms with van der Waals surface area (Å²) >= 11 is 0. The van der Waals surface area contributed by atoms with Crippen molar-refractivity contribution in [2.75, 3.05) is 6.54 Å². The molecule has 0 saturated heterocycles. The largest absolute Gasteiger partial charge is 0.478 e. The lowest BCUT2D eigenvalue weighted by molar-refractivity contribution is -0.138. The van der Waals surface area contributed by atoms with E-state index in [0.717, 1.165) is 50.1 Å². The SMILES string of the molecule is CC(C)C1CCC(C(=O)N2CCc3ccc(C(=O)O)cc3C2)CC1. The minimum absolute atomic E-state index is 0.157. The third kappa shape index (κ3) is 3.47. The average molecular weight is 329 g/mol. The Kier molecular flexibility index (Phi) is 4.93. The Hall–Kier alpha value is -1.84. The molecule has 1 aliphatic heterocycles. The Bertz CT molecular complexity index is 630. The van der Waals surface area contributed by atoms with Crippen LogP contribution in [0, 0.1) is 17.8 Å².